The number of halogens is 1. The molecule has 30 heavy (non-hydrogen) atoms. The molecule has 0 bridgehead atoms. The van der Waals surface area contributed by atoms with Crippen molar-refractivity contribution in [1.29, 1.82) is 0 Å². The Hall–Kier alpha value is -3.06. The highest BCUT2D eigenvalue weighted by molar-refractivity contribution is 6.36. The van der Waals surface area contributed by atoms with Crippen LogP contribution >= 0.6 is 11.6 Å². The Morgan fingerprint density at radius 2 is 1.83 bits per heavy atom. The van der Waals surface area contributed by atoms with Gasteiger partial charge in [-0.15, -0.1) is 0 Å². The van der Waals surface area contributed by atoms with Crippen LogP contribution in [0.4, 0.5) is 21.0 Å². The second kappa shape index (κ2) is 7.99. The first-order valence-electron chi connectivity index (χ1n) is 9.99. The van der Waals surface area contributed by atoms with Gasteiger partial charge in [-0.3, -0.25) is 19.9 Å². The fourth-order valence-corrected chi connectivity index (χ4v) is 4.33. The number of rotatable bonds is 4. The number of carbonyl (C=O) groups excluding carboxylic acids is 3. The first kappa shape index (κ1) is 20.2. The van der Waals surface area contributed by atoms with E-state index in [0.717, 1.165) is 16.8 Å². The smallest absolute Gasteiger partial charge is 0.323 e. The summed E-state index contributed by atoms with van der Waals surface area (Å²) in [6.07, 6.45) is 0.234. The summed E-state index contributed by atoms with van der Waals surface area (Å²) in [6, 6.07) is 12.8. The van der Waals surface area contributed by atoms with Gasteiger partial charge in [0, 0.05) is 37.3 Å². The van der Waals surface area contributed by atoms with Gasteiger partial charge in [-0.05, 0) is 37.6 Å². The van der Waals surface area contributed by atoms with E-state index in [-0.39, 0.29) is 30.9 Å². The van der Waals surface area contributed by atoms with Crippen LogP contribution in [0, 0.1) is 0 Å². The van der Waals surface area contributed by atoms with Crippen molar-refractivity contribution < 1.29 is 14.4 Å². The lowest BCUT2D eigenvalue weighted by molar-refractivity contribution is -0.120. The number of hydrogen-bond acceptors (Lipinski definition) is 3. The first-order chi connectivity index (χ1) is 14.4. The van der Waals surface area contributed by atoms with Crippen LogP contribution in [0.5, 0.6) is 0 Å². The van der Waals surface area contributed by atoms with Crippen molar-refractivity contribution in [2.45, 2.75) is 26.3 Å². The van der Waals surface area contributed by atoms with Crippen LogP contribution in [-0.4, -0.2) is 48.5 Å². The number of hydrogen-bond donors (Lipinski definition) is 1. The molecular formula is C22H23ClN4O3. The molecule has 2 aromatic rings. The van der Waals surface area contributed by atoms with Crippen LogP contribution in [0.3, 0.4) is 0 Å². The van der Waals surface area contributed by atoms with E-state index in [1.807, 2.05) is 55.1 Å². The zero-order valence-corrected chi connectivity index (χ0v) is 17.6. The van der Waals surface area contributed by atoms with Crippen LogP contribution in [0.25, 0.3) is 11.1 Å². The lowest BCUT2D eigenvalue weighted by Crippen LogP contribution is -2.49. The van der Waals surface area contributed by atoms with Gasteiger partial charge in [0.05, 0.1) is 16.8 Å². The number of nitrogens with zero attached hydrogens (tertiary/aromatic N) is 3. The number of amides is 5. The van der Waals surface area contributed by atoms with Gasteiger partial charge < -0.3 is 4.90 Å². The number of anilines is 2. The molecule has 2 heterocycles. The maximum atomic E-state index is 12.6. The number of imide groups is 1. The quantitative estimate of drug-likeness (QED) is 0.799. The molecule has 0 radical (unpaired) electrons. The number of benzene rings is 2. The highest BCUT2D eigenvalue weighted by atomic mass is 35.5. The van der Waals surface area contributed by atoms with Gasteiger partial charge in [-0.1, -0.05) is 35.9 Å². The molecule has 0 unspecified atom stereocenters. The molecule has 0 aromatic heterocycles. The second-order valence-electron chi connectivity index (χ2n) is 7.48. The largest absolute Gasteiger partial charge is 0.328 e. The van der Waals surface area contributed by atoms with Crippen molar-refractivity contribution in [1.82, 2.24) is 10.2 Å². The number of nitrogens with one attached hydrogen (secondary N) is 1. The zero-order chi connectivity index (χ0) is 21.4. The maximum absolute atomic E-state index is 12.6. The topological polar surface area (TPSA) is 73.0 Å². The molecule has 1 atom stereocenters. The SMILES string of the molecule is CCN1C[C@H](C)N(c2ccc(-c3cccc(N4CCC(=O)NC4=O)c3Cl)cc2)C1=O. The molecule has 1 N–H and O–H groups in total. The van der Waals surface area contributed by atoms with Crippen molar-refractivity contribution in [3.05, 3.63) is 47.5 Å². The zero-order valence-electron chi connectivity index (χ0n) is 16.9. The van der Waals surface area contributed by atoms with E-state index in [9.17, 15) is 14.4 Å². The molecule has 4 rings (SSSR count). The Morgan fingerprint density at radius 3 is 2.47 bits per heavy atom. The molecule has 0 aliphatic carbocycles. The van der Waals surface area contributed by atoms with Crippen molar-refractivity contribution >= 4 is 40.9 Å². The number of urea groups is 2. The maximum Gasteiger partial charge on any atom is 0.328 e. The van der Waals surface area contributed by atoms with Gasteiger partial charge in [-0.25, -0.2) is 9.59 Å². The average Bonchev–Trinajstić information content (AvgIpc) is 3.02. The highest BCUT2D eigenvalue weighted by Crippen LogP contribution is 2.37. The normalized spacial score (nSPS) is 19.5. The van der Waals surface area contributed by atoms with Crippen LogP contribution in [0.1, 0.15) is 20.3 Å². The third-order valence-corrected chi connectivity index (χ3v) is 5.96. The Bertz CT molecular complexity index is 1010. The molecule has 7 nitrogen and oxygen atoms in total. The minimum atomic E-state index is -0.470. The minimum Gasteiger partial charge on any atom is -0.323 e. The average molecular weight is 427 g/mol. The third kappa shape index (κ3) is 3.50. The Labute approximate surface area is 180 Å². The second-order valence-corrected chi connectivity index (χ2v) is 7.86. The van der Waals surface area contributed by atoms with Gasteiger partial charge in [0.25, 0.3) is 0 Å². The van der Waals surface area contributed by atoms with Crippen molar-refractivity contribution in [2.24, 2.45) is 0 Å². The van der Waals surface area contributed by atoms with Gasteiger partial charge in [0.1, 0.15) is 0 Å². The van der Waals surface area contributed by atoms with E-state index in [1.54, 1.807) is 11.0 Å². The van der Waals surface area contributed by atoms with E-state index in [1.165, 1.54) is 4.90 Å². The van der Waals surface area contributed by atoms with E-state index in [0.29, 0.717) is 23.8 Å². The summed E-state index contributed by atoms with van der Waals surface area (Å²) in [7, 11) is 0. The van der Waals surface area contributed by atoms with E-state index in [2.05, 4.69) is 5.32 Å². The van der Waals surface area contributed by atoms with Gasteiger partial charge in [-0.2, -0.15) is 0 Å². The Kier molecular flexibility index (Phi) is 5.39. The summed E-state index contributed by atoms with van der Waals surface area (Å²) in [4.78, 5) is 41.3. The molecule has 0 spiro atoms. The standard InChI is InChI=1S/C22H23ClN4O3/c1-3-25-13-14(2)27(22(25)30)16-9-7-15(8-10-16)17-5-4-6-18(20(17)23)26-12-11-19(28)24-21(26)29/h4-10,14H,3,11-13H2,1-2H3,(H,24,28,29)/t14-/m0/s1. The molecule has 2 aliphatic rings. The molecular weight excluding hydrogens is 404 g/mol. The molecule has 5 amide bonds. The molecule has 2 aliphatic heterocycles. The van der Waals surface area contributed by atoms with Crippen molar-refractivity contribution in [2.75, 3.05) is 29.4 Å². The summed E-state index contributed by atoms with van der Waals surface area (Å²) in [5.41, 5.74) is 3.06. The third-order valence-electron chi connectivity index (χ3n) is 5.56. The van der Waals surface area contributed by atoms with E-state index >= 15 is 0 Å². The van der Waals surface area contributed by atoms with Gasteiger partial charge in [0.2, 0.25) is 5.91 Å². The fourth-order valence-electron chi connectivity index (χ4n) is 4.00. The Morgan fingerprint density at radius 1 is 1.10 bits per heavy atom. The van der Waals surface area contributed by atoms with Crippen molar-refractivity contribution in [3.8, 4) is 11.1 Å². The molecule has 8 heteroatoms. The molecule has 2 fully saturated rings. The van der Waals surface area contributed by atoms with Crippen LogP contribution in [0.2, 0.25) is 5.02 Å². The lowest BCUT2D eigenvalue weighted by Gasteiger charge is -2.28. The van der Waals surface area contributed by atoms with E-state index < -0.39 is 6.03 Å². The summed E-state index contributed by atoms with van der Waals surface area (Å²) in [6.45, 7) is 5.71. The Balaban J connectivity index is 1.62. The predicted molar refractivity (Wildman–Crippen MR) is 117 cm³/mol. The first-order valence-corrected chi connectivity index (χ1v) is 10.4. The molecule has 2 aromatic carbocycles. The minimum absolute atomic E-state index is 0.0171. The molecule has 156 valence electrons. The lowest BCUT2D eigenvalue weighted by atomic mass is 10.0. The molecule has 0 saturated carbocycles. The summed E-state index contributed by atoms with van der Waals surface area (Å²) in [5.74, 6) is -0.286. The van der Waals surface area contributed by atoms with Crippen LogP contribution < -0.4 is 15.1 Å². The predicted octanol–water partition coefficient (Wildman–Crippen LogP) is 4.10. The number of carbonyl (C=O) groups is 3. The van der Waals surface area contributed by atoms with Crippen LogP contribution in [0.15, 0.2) is 42.5 Å². The van der Waals surface area contributed by atoms with E-state index in [4.69, 9.17) is 11.6 Å². The monoisotopic (exact) mass is 426 g/mol. The van der Waals surface area contributed by atoms with Gasteiger partial charge in [0.15, 0.2) is 0 Å². The number of likely N-dealkylation sites (N-methyl/N-ethyl adjacent to an activating group) is 1. The summed E-state index contributed by atoms with van der Waals surface area (Å²) in [5, 5.41) is 2.76. The summed E-state index contributed by atoms with van der Waals surface area (Å²) >= 11 is 6.65. The summed E-state index contributed by atoms with van der Waals surface area (Å²) < 4.78 is 0. The fraction of sp³-hybridized carbons (Fsp3) is 0.318. The molecule has 2 saturated heterocycles. The van der Waals surface area contributed by atoms with Crippen LogP contribution in [-0.2, 0) is 4.79 Å². The van der Waals surface area contributed by atoms with Crippen molar-refractivity contribution in [3.63, 3.8) is 0 Å². The highest BCUT2D eigenvalue weighted by Gasteiger charge is 2.34. The van der Waals surface area contributed by atoms with Gasteiger partial charge >= 0.3 is 12.1 Å².